The highest BCUT2D eigenvalue weighted by Crippen LogP contribution is 2.24. The maximum Gasteiger partial charge on any atom is 0.272 e. The monoisotopic (exact) mass is 276 g/mol. The maximum absolute atomic E-state index is 12.3. The van der Waals surface area contributed by atoms with E-state index in [0.717, 1.165) is 4.88 Å². The van der Waals surface area contributed by atoms with Gasteiger partial charge in [-0.2, -0.15) is 0 Å². The number of nitrogens with zero attached hydrogens (tertiary/aromatic N) is 2. The van der Waals surface area contributed by atoms with E-state index in [1.54, 1.807) is 41.6 Å². The molecule has 3 N–H and O–H groups in total. The zero-order valence-electron chi connectivity index (χ0n) is 10.8. The van der Waals surface area contributed by atoms with Crippen molar-refractivity contribution in [1.82, 2.24) is 9.88 Å². The number of hydrogen-bond acceptors (Lipinski definition) is 5. The second kappa shape index (κ2) is 5.81. The molecule has 19 heavy (non-hydrogen) atoms. The van der Waals surface area contributed by atoms with Gasteiger partial charge < -0.3 is 10.3 Å². The van der Waals surface area contributed by atoms with Crippen LogP contribution in [0.3, 0.4) is 0 Å². The Labute approximate surface area is 116 Å². The van der Waals surface area contributed by atoms with Crippen LogP contribution in [-0.4, -0.2) is 22.8 Å². The van der Waals surface area contributed by atoms with Gasteiger partial charge in [0.25, 0.3) is 5.91 Å². The summed E-state index contributed by atoms with van der Waals surface area (Å²) >= 11 is 1.63. The average molecular weight is 276 g/mol. The molecule has 1 amide bonds. The molecule has 2 aromatic heterocycles. The third kappa shape index (κ3) is 2.91. The van der Waals surface area contributed by atoms with E-state index in [1.165, 1.54) is 0 Å². The van der Waals surface area contributed by atoms with E-state index in [-0.39, 0.29) is 11.9 Å². The summed E-state index contributed by atoms with van der Waals surface area (Å²) in [6, 6.07) is 7.36. The van der Waals surface area contributed by atoms with Crippen molar-refractivity contribution >= 4 is 22.9 Å². The van der Waals surface area contributed by atoms with Gasteiger partial charge in [-0.05, 0) is 30.5 Å². The fourth-order valence-electron chi connectivity index (χ4n) is 1.71. The summed E-state index contributed by atoms with van der Waals surface area (Å²) in [5, 5.41) is 2.00. The van der Waals surface area contributed by atoms with Gasteiger partial charge in [-0.1, -0.05) is 6.07 Å². The van der Waals surface area contributed by atoms with Crippen LogP contribution in [0.2, 0.25) is 0 Å². The van der Waals surface area contributed by atoms with Crippen LogP contribution in [0, 0.1) is 0 Å². The van der Waals surface area contributed by atoms with Crippen molar-refractivity contribution in [1.29, 1.82) is 0 Å². The number of hydrogen-bond donors (Lipinski definition) is 2. The molecule has 0 fully saturated rings. The highest BCUT2D eigenvalue weighted by atomic mass is 32.1. The van der Waals surface area contributed by atoms with Crippen molar-refractivity contribution < 1.29 is 4.79 Å². The van der Waals surface area contributed by atoms with Gasteiger partial charge in [0, 0.05) is 18.1 Å². The Bertz CT molecular complexity index is 556. The summed E-state index contributed by atoms with van der Waals surface area (Å²) < 4.78 is 0. The Kier molecular flexibility index (Phi) is 4.13. The van der Waals surface area contributed by atoms with Crippen LogP contribution in [0.15, 0.2) is 35.8 Å². The lowest BCUT2D eigenvalue weighted by Crippen LogP contribution is -2.30. The van der Waals surface area contributed by atoms with Crippen molar-refractivity contribution in [2.75, 3.05) is 12.5 Å². The molecule has 2 rings (SSSR count). The van der Waals surface area contributed by atoms with E-state index in [1.807, 2.05) is 24.4 Å². The molecule has 0 saturated heterocycles. The number of carbonyl (C=O) groups is 1. The summed E-state index contributed by atoms with van der Waals surface area (Å²) in [5.74, 6) is 5.20. The first-order valence-corrected chi connectivity index (χ1v) is 6.74. The number of pyridine rings is 1. The number of aromatic nitrogens is 1. The lowest BCUT2D eigenvalue weighted by Gasteiger charge is -2.23. The van der Waals surface area contributed by atoms with Crippen LogP contribution in [0.25, 0.3) is 0 Å². The van der Waals surface area contributed by atoms with Crippen LogP contribution < -0.4 is 11.3 Å². The van der Waals surface area contributed by atoms with Crippen molar-refractivity contribution in [3.63, 3.8) is 0 Å². The SMILES string of the molecule is CC(c1cccs1)N(C)C(=O)c1cc(NN)ccn1. The first kappa shape index (κ1) is 13.5. The van der Waals surface area contributed by atoms with E-state index in [9.17, 15) is 4.79 Å². The van der Waals surface area contributed by atoms with Crippen LogP contribution in [0.5, 0.6) is 0 Å². The van der Waals surface area contributed by atoms with Crippen molar-refractivity contribution in [3.05, 3.63) is 46.4 Å². The Morgan fingerprint density at radius 2 is 2.32 bits per heavy atom. The topological polar surface area (TPSA) is 71.2 Å². The van der Waals surface area contributed by atoms with Crippen molar-refractivity contribution in [2.24, 2.45) is 5.84 Å². The van der Waals surface area contributed by atoms with Gasteiger partial charge in [-0.15, -0.1) is 11.3 Å². The third-order valence-corrected chi connectivity index (χ3v) is 4.04. The summed E-state index contributed by atoms with van der Waals surface area (Å²) in [5.41, 5.74) is 3.55. The van der Waals surface area contributed by atoms with Gasteiger partial charge in [-0.25, -0.2) is 0 Å². The van der Waals surface area contributed by atoms with Crippen molar-refractivity contribution in [3.8, 4) is 0 Å². The first-order chi connectivity index (χ1) is 9.13. The fourth-order valence-corrected chi connectivity index (χ4v) is 2.54. The molecule has 0 aliphatic heterocycles. The van der Waals surface area contributed by atoms with Crippen LogP contribution >= 0.6 is 11.3 Å². The van der Waals surface area contributed by atoms with E-state index in [0.29, 0.717) is 11.4 Å². The molecule has 5 nitrogen and oxygen atoms in total. The molecule has 0 radical (unpaired) electrons. The molecule has 0 spiro atoms. The third-order valence-electron chi connectivity index (χ3n) is 3.00. The molecule has 6 heteroatoms. The molecule has 1 atom stereocenters. The number of carbonyl (C=O) groups excluding carboxylic acids is 1. The van der Waals surface area contributed by atoms with E-state index < -0.39 is 0 Å². The standard InChI is InChI=1S/C13H16N4OS/c1-9(12-4-3-7-19-12)17(2)13(18)11-8-10(16-14)5-6-15-11/h3-9H,14H2,1-2H3,(H,15,16). The fraction of sp³-hybridized carbons (Fsp3) is 0.231. The van der Waals surface area contributed by atoms with E-state index >= 15 is 0 Å². The molecule has 0 aromatic carbocycles. The number of amides is 1. The molecule has 1 unspecified atom stereocenters. The maximum atomic E-state index is 12.3. The average Bonchev–Trinajstić information content (AvgIpc) is 2.99. The molecule has 2 heterocycles. The Balaban J connectivity index is 2.18. The highest BCUT2D eigenvalue weighted by molar-refractivity contribution is 7.10. The molecular weight excluding hydrogens is 260 g/mol. The normalized spacial score (nSPS) is 11.9. The zero-order chi connectivity index (χ0) is 13.8. The smallest absolute Gasteiger partial charge is 0.272 e. The number of nitrogen functional groups attached to an aromatic ring is 1. The van der Waals surface area contributed by atoms with Gasteiger partial charge in [0.2, 0.25) is 0 Å². The molecule has 0 aliphatic rings. The second-order valence-corrected chi connectivity index (χ2v) is 5.16. The van der Waals surface area contributed by atoms with Crippen LogP contribution in [0.4, 0.5) is 5.69 Å². The van der Waals surface area contributed by atoms with Gasteiger partial charge in [-0.3, -0.25) is 15.6 Å². The van der Waals surface area contributed by atoms with Crippen LogP contribution in [-0.2, 0) is 0 Å². The Morgan fingerprint density at radius 1 is 1.53 bits per heavy atom. The molecule has 0 bridgehead atoms. The van der Waals surface area contributed by atoms with E-state index in [2.05, 4.69) is 10.4 Å². The zero-order valence-corrected chi connectivity index (χ0v) is 11.6. The largest absolute Gasteiger partial charge is 0.333 e. The predicted molar refractivity (Wildman–Crippen MR) is 76.9 cm³/mol. The molecule has 0 saturated carbocycles. The van der Waals surface area contributed by atoms with Crippen molar-refractivity contribution in [2.45, 2.75) is 13.0 Å². The number of rotatable bonds is 4. The van der Waals surface area contributed by atoms with E-state index in [4.69, 9.17) is 5.84 Å². The Morgan fingerprint density at radius 3 is 2.95 bits per heavy atom. The minimum atomic E-state index is -0.127. The predicted octanol–water partition coefficient (Wildman–Crippen LogP) is 2.26. The lowest BCUT2D eigenvalue weighted by molar-refractivity contribution is 0.0739. The summed E-state index contributed by atoms with van der Waals surface area (Å²) in [4.78, 5) is 19.3. The minimum absolute atomic E-state index is 0.0174. The lowest BCUT2D eigenvalue weighted by atomic mass is 10.2. The first-order valence-electron chi connectivity index (χ1n) is 5.86. The minimum Gasteiger partial charge on any atom is -0.333 e. The number of thiophene rings is 1. The summed E-state index contributed by atoms with van der Waals surface area (Å²) in [6.45, 7) is 1.99. The number of nitrogens with one attached hydrogen (secondary N) is 1. The molecular formula is C13H16N4OS. The summed E-state index contributed by atoms with van der Waals surface area (Å²) in [6.07, 6.45) is 1.56. The molecule has 2 aromatic rings. The Hall–Kier alpha value is -1.92. The van der Waals surface area contributed by atoms with Gasteiger partial charge in [0.15, 0.2) is 0 Å². The summed E-state index contributed by atoms with van der Waals surface area (Å²) in [7, 11) is 1.77. The van der Waals surface area contributed by atoms with Gasteiger partial charge in [0.05, 0.1) is 11.7 Å². The number of hydrazine groups is 1. The second-order valence-electron chi connectivity index (χ2n) is 4.18. The molecule has 0 aliphatic carbocycles. The quantitative estimate of drug-likeness (QED) is 0.664. The number of anilines is 1. The number of nitrogens with two attached hydrogens (primary N) is 1. The van der Waals surface area contributed by atoms with Gasteiger partial charge >= 0.3 is 0 Å². The van der Waals surface area contributed by atoms with Crippen LogP contribution in [0.1, 0.15) is 28.3 Å². The van der Waals surface area contributed by atoms with Gasteiger partial charge in [0.1, 0.15) is 5.69 Å². The highest BCUT2D eigenvalue weighted by Gasteiger charge is 2.20. The molecule has 100 valence electrons.